The van der Waals surface area contributed by atoms with Crippen molar-refractivity contribution in [2.45, 2.75) is 6.18 Å². The molecule has 1 rings (SSSR count). The molecule has 0 spiro atoms. The molecular weight excluding hydrogens is 411 g/mol. The molecule has 1 aromatic carbocycles. The van der Waals surface area contributed by atoms with Crippen molar-refractivity contribution in [1.82, 2.24) is 0 Å². The fourth-order valence-electron chi connectivity index (χ4n) is 0.760. The Labute approximate surface area is 99.6 Å². The van der Waals surface area contributed by atoms with Gasteiger partial charge in [0.2, 0.25) is 0 Å². The summed E-state index contributed by atoms with van der Waals surface area (Å²) in [6.07, 6.45) is -4.40. The zero-order valence-electron chi connectivity index (χ0n) is 5.99. The molecule has 0 aliphatic carbocycles. The second-order valence-electron chi connectivity index (χ2n) is 2.26. The zero-order valence-corrected chi connectivity index (χ0v) is 10.3. The van der Waals surface area contributed by atoms with Gasteiger partial charge in [-0.05, 0) is 57.3 Å². The molecule has 13 heavy (non-hydrogen) atoms. The van der Waals surface area contributed by atoms with E-state index in [1.54, 1.807) is 22.6 Å². The summed E-state index contributed by atoms with van der Waals surface area (Å²) in [7, 11) is 0. The zero-order chi connectivity index (χ0) is 10.2. The summed E-state index contributed by atoms with van der Waals surface area (Å²) < 4.78 is 37.0. The van der Waals surface area contributed by atoms with E-state index in [0.29, 0.717) is 3.57 Å². The third-order valence-corrected chi connectivity index (χ3v) is 3.33. The monoisotopic (exact) mass is 414 g/mol. The predicted octanol–water partition coefficient (Wildman–Crippen LogP) is 3.62. The second kappa shape index (κ2) is 3.79. The van der Waals surface area contributed by atoms with Gasteiger partial charge >= 0.3 is 6.18 Å². The van der Waals surface area contributed by atoms with E-state index in [1.165, 1.54) is 28.7 Å². The molecule has 0 amide bonds. The van der Waals surface area contributed by atoms with Gasteiger partial charge in [-0.15, -0.1) is 0 Å². The lowest BCUT2D eigenvalue weighted by Gasteiger charge is -2.10. The first-order valence-electron chi connectivity index (χ1n) is 3.08. The van der Waals surface area contributed by atoms with Crippen LogP contribution in [-0.2, 0) is 6.18 Å². The van der Waals surface area contributed by atoms with Crippen LogP contribution in [0.4, 0.5) is 13.2 Å². The molecule has 0 atom stereocenters. The molecule has 0 fully saturated rings. The average molecular weight is 414 g/mol. The smallest absolute Gasteiger partial charge is 0.417 e. The maximum atomic E-state index is 12.2. The van der Waals surface area contributed by atoms with Crippen LogP contribution in [0.3, 0.4) is 0 Å². The van der Waals surface area contributed by atoms with Gasteiger partial charge in [0.1, 0.15) is 5.75 Å². The van der Waals surface area contributed by atoms with E-state index in [4.69, 9.17) is 0 Å². The molecule has 0 aliphatic heterocycles. The summed E-state index contributed by atoms with van der Waals surface area (Å²) in [5, 5.41) is 9.24. The van der Waals surface area contributed by atoms with Gasteiger partial charge in [0.05, 0.1) is 12.7 Å². The quantitative estimate of drug-likeness (QED) is 0.644. The maximum absolute atomic E-state index is 12.2. The Hall–Kier alpha value is 0.270. The van der Waals surface area contributed by atoms with E-state index in [1.807, 2.05) is 0 Å². The summed E-state index contributed by atoms with van der Waals surface area (Å²) in [5.41, 5.74) is -0.800. The van der Waals surface area contributed by atoms with Gasteiger partial charge in [-0.2, -0.15) is 13.2 Å². The van der Waals surface area contributed by atoms with Gasteiger partial charge in [-0.1, -0.05) is 0 Å². The molecule has 0 bridgehead atoms. The molecule has 0 aromatic heterocycles. The lowest BCUT2D eigenvalue weighted by atomic mass is 10.2. The van der Waals surface area contributed by atoms with Crippen molar-refractivity contribution in [3.05, 3.63) is 24.8 Å². The molecule has 1 N–H and O–H groups in total. The minimum atomic E-state index is -4.40. The van der Waals surface area contributed by atoms with Crippen molar-refractivity contribution < 1.29 is 18.3 Å². The van der Waals surface area contributed by atoms with Crippen LogP contribution in [0.15, 0.2) is 12.1 Å². The number of halogens is 5. The van der Waals surface area contributed by atoms with Crippen molar-refractivity contribution in [3.63, 3.8) is 0 Å². The maximum Gasteiger partial charge on any atom is 0.417 e. The highest BCUT2D eigenvalue weighted by Crippen LogP contribution is 2.38. The summed E-state index contributed by atoms with van der Waals surface area (Å²) in [6, 6.07) is 2.20. The Bertz CT molecular complexity index is 335. The van der Waals surface area contributed by atoms with Crippen molar-refractivity contribution >= 4 is 45.2 Å². The molecule has 1 aromatic rings. The van der Waals surface area contributed by atoms with Crippen LogP contribution in [0, 0.1) is 7.14 Å². The molecule has 0 saturated carbocycles. The lowest BCUT2D eigenvalue weighted by molar-refractivity contribution is -0.138. The van der Waals surface area contributed by atoms with Gasteiger partial charge in [0.15, 0.2) is 0 Å². The normalized spacial score (nSPS) is 11.8. The van der Waals surface area contributed by atoms with Gasteiger partial charge in [0, 0.05) is 0 Å². The number of phenolic OH excluding ortho intramolecular Hbond substituents is 1. The van der Waals surface area contributed by atoms with Crippen molar-refractivity contribution in [1.29, 1.82) is 0 Å². The Balaban J connectivity index is 3.35. The Morgan fingerprint density at radius 2 is 1.69 bits per heavy atom. The Morgan fingerprint density at radius 3 is 2.15 bits per heavy atom. The van der Waals surface area contributed by atoms with Crippen LogP contribution in [0.25, 0.3) is 0 Å². The van der Waals surface area contributed by atoms with E-state index >= 15 is 0 Å². The van der Waals surface area contributed by atoms with Gasteiger partial charge in [-0.25, -0.2) is 0 Å². The summed E-state index contributed by atoms with van der Waals surface area (Å²) in [5.74, 6) is -0.309. The molecular formula is C7H3F3I2O. The van der Waals surface area contributed by atoms with Crippen molar-refractivity contribution in [2.75, 3.05) is 0 Å². The number of hydrogen-bond donors (Lipinski definition) is 1. The summed E-state index contributed by atoms with van der Waals surface area (Å²) >= 11 is 3.25. The van der Waals surface area contributed by atoms with Crippen LogP contribution in [0.1, 0.15) is 5.56 Å². The summed E-state index contributed by atoms with van der Waals surface area (Å²) in [4.78, 5) is 0. The number of rotatable bonds is 0. The van der Waals surface area contributed by atoms with Crippen LogP contribution in [0.5, 0.6) is 5.75 Å². The van der Waals surface area contributed by atoms with E-state index in [2.05, 4.69) is 0 Å². The van der Waals surface area contributed by atoms with E-state index in [9.17, 15) is 18.3 Å². The topological polar surface area (TPSA) is 20.2 Å². The molecule has 0 radical (unpaired) electrons. The number of phenols is 1. The van der Waals surface area contributed by atoms with Gasteiger partial charge in [0.25, 0.3) is 0 Å². The summed E-state index contributed by atoms with van der Waals surface area (Å²) in [6.45, 7) is 0. The first-order chi connectivity index (χ1) is 5.84. The molecule has 0 unspecified atom stereocenters. The fraction of sp³-hybridized carbons (Fsp3) is 0.143. The average Bonchev–Trinajstić information content (AvgIpc) is 1.98. The second-order valence-corrected chi connectivity index (χ2v) is 4.50. The fourth-order valence-corrected chi connectivity index (χ4v) is 2.50. The van der Waals surface area contributed by atoms with Crippen LogP contribution >= 0.6 is 45.2 Å². The van der Waals surface area contributed by atoms with Crippen LogP contribution < -0.4 is 0 Å². The number of hydrogen-bond acceptors (Lipinski definition) is 1. The highest BCUT2D eigenvalue weighted by Gasteiger charge is 2.34. The third kappa shape index (κ3) is 2.39. The number of alkyl halides is 3. The Kier molecular flexibility index (Phi) is 3.31. The first-order valence-corrected chi connectivity index (χ1v) is 5.24. The Morgan fingerprint density at radius 1 is 1.15 bits per heavy atom. The van der Waals surface area contributed by atoms with E-state index in [0.717, 1.165) is 6.07 Å². The minimum Gasteiger partial charge on any atom is -0.506 e. The predicted molar refractivity (Wildman–Crippen MR) is 58.5 cm³/mol. The van der Waals surface area contributed by atoms with Crippen molar-refractivity contribution in [2.24, 2.45) is 0 Å². The van der Waals surface area contributed by atoms with E-state index in [-0.39, 0.29) is 9.32 Å². The third-order valence-electron chi connectivity index (χ3n) is 1.37. The van der Waals surface area contributed by atoms with Crippen LogP contribution in [-0.4, -0.2) is 5.11 Å². The van der Waals surface area contributed by atoms with Crippen LogP contribution in [0.2, 0.25) is 0 Å². The molecule has 1 nitrogen and oxygen atoms in total. The standard InChI is InChI=1S/C7H3F3I2O/c8-7(9,10)3-1-2-4(11)6(13)5(3)12/h1-2,13H. The molecule has 0 aliphatic rings. The first kappa shape index (κ1) is 11.3. The SMILES string of the molecule is Oc1c(I)ccc(C(F)(F)F)c1I. The van der Waals surface area contributed by atoms with E-state index < -0.39 is 11.7 Å². The highest BCUT2D eigenvalue weighted by molar-refractivity contribution is 14.1. The van der Waals surface area contributed by atoms with Gasteiger partial charge in [-0.3, -0.25) is 0 Å². The molecule has 6 heteroatoms. The van der Waals surface area contributed by atoms with Gasteiger partial charge < -0.3 is 5.11 Å². The van der Waals surface area contributed by atoms with Crippen molar-refractivity contribution in [3.8, 4) is 5.75 Å². The highest BCUT2D eigenvalue weighted by atomic mass is 127. The number of benzene rings is 1. The minimum absolute atomic E-state index is 0.156. The molecule has 72 valence electrons. The molecule has 0 saturated heterocycles. The molecule has 0 heterocycles. The number of aromatic hydroxyl groups is 1. The largest absolute Gasteiger partial charge is 0.506 e. The lowest BCUT2D eigenvalue weighted by Crippen LogP contribution is -2.07.